The van der Waals surface area contributed by atoms with E-state index in [9.17, 15) is 67.7 Å². The molecule has 28 heteroatoms. The van der Waals surface area contributed by atoms with Gasteiger partial charge in [0, 0.05) is 24.5 Å². The number of carbonyl (C=O) groups is 12. The van der Waals surface area contributed by atoms with E-state index in [1.807, 2.05) is 0 Å². The van der Waals surface area contributed by atoms with Crippen LogP contribution in [0.1, 0.15) is 107 Å². The van der Waals surface area contributed by atoms with Gasteiger partial charge in [-0.15, -0.1) is 0 Å². The molecule has 75 heavy (non-hydrogen) atoms. The van der Waals surface area contributed by atoms with Gasteiger partial charge < -0.3 is 74.4 Å². The summed E-state index contributed by atoms with van der Waals surface area (Å²) >= 11 is 8.30. The predicted molar refractivity (Wildman–Crippen MR) is 281 cm³/mol. The Kier molecular flexibility index (Phi) is 29.9. The maximum atomic E-state index is 14.0. The van der Waals surface area contributed by atoms with Crippen LogP contribution in [0, 0.1) is 23.7 Å². The van der Waals surface area contributed by atoms with Crippen LogP contribution in [0.3, 0.4) is 0 Å². The molecular weight excluding hydrogens is 1020 g/mol. The molecule has 0 aromatic heterocycles. The molecule has 1 saturated heterocycles. The molecule has 1 rings (SSSR count). The smallest absolute Gasteiger partial charge is 0.327 e. The summed E-state index contributed by atoms with van der Waals surface area (Å²) in [5, 5.41) is 42.3. The van der Waals surface area contributed by atoms with Crippen molar-refractivity contribution >= 4 is 96.2 Å². The normalized spacial score (nSPS) is 17.7. The van der Waals surface area contributed by atoms with Crippen molar-refractivity contribution in [3.05, 3.63) is 0 Å². The Morgan fingerprint density at radius 2 is 1.08 bits per heavy atom. The lowest BCUT2D eigenvalue weighted by atomic mass is 9.96. The molecule has 0 bridgehead atoms. The third-order valence-corrected chi connectivity index (χ3v) is 13.3. The molecule has 0 aromatic carbocycles. The second-order valence-corrected chi connectivity index (χ2v) is 20.3. The fraction of sp³-hybridized carbons (Fsp3) is 0.745. The fourth-order valence-corrected chi connectivity index (χ4v) is 8.16. The lowest BCUT2D eigenvalue weighted by molar-refractivity contribution is -0.143. The van der Waals surface area contributed by atoms with Gasteiger partial charge in [0.2, 0.25) is 65.0 Å². The highest BCUT2D eigenvalue weighted by Crippen LogP contribution is 2.21. The van der Waals surface area contributed by atoms with Gasteiger partial charge in [0.1, 0.15) is 48.3 Å². The summed E-state index contributed by atoms with van der Waals surface area (Å²) in [5.74, 6) is -11.8. The number of amides is 11. The highest BCUT2D eigenvalue weighted by Gasteiger charge is 2.41. The SMILES string of the molecule is CC[C@H](C)[C@H](NC(=O)CNC(=O)[C@H](CC(C)C)NC(=O)[C@@H](NC(=O)CNC(=O)[C@@H](N)CCC(N)=O)[C@@H](C)O)C(=O)N[C@H](C(=O)N[C@@H](CS)C(=O)N1CCC[C@H]1C(=O)N[C@H](C(=O)N[C@@H](CS)C(=O)O)[C@@H](C)CC)C(C)C. The average molecular weight is 1100 g/mol. The zero-order valence-electron chi connectivity index (χ0n) is 44.4. The van der Waals surface area contributed by atoms with Crippen molar-refractivity contribution in [2.24, 2.45) is 35.1 Å². The summed E-state index contributed by atoms with van der Waals surface area (Å²) in [5.41, 5.74) is 10.8. The van der Waals surface area contributed by atoms with Crippen LogP contribution in [0.4, 0.5) is 0 Å². The number of likely N-dealkylation sites (tertiary alicyclic amines) is 1. The van der Waals surface area contributed by atoms with Gasteiger partial charge in [-0.2, -0.15) is 25.3 Å². The highest BCUT2D eigenvalue weighted by atomic mass is 32.1. The van der Waals surface area contributed by atoms with Crippen LogP contribution < -0.4 is 59.3 Å². The van der Waals surface area contributed by atoms with Gasteiger partial charge in [-0.3, -0.25) is 52.7 Å². The summed E-state index contributed by atoms with van der Waals surface area (Å²) in [7, 11) is 0. The summed E-state index contributed by atoms with van der Waals surface area (Å²) in [6.07, 6.45) is -0.180. The van der Waals surface area contributed by atoms with Crippen molar-refractivity contribution in [3.8, 4) is 0 Å². The summed E-state index contributed by atoms with van der Waals surface area (Å²) < 4.78 is 0. The Morgan fingerprint density at radius 1 is 0.613 bits per heavy atom. The van der Waals surface area contributed by atoms with Gasteiger partial charge in [0.15, 0.2) is 0 Å². The van der Waals surface area contributed by atoms with E-state index in [-0.39, 0.29) is 49.7 Å². The van der Waals surface area contributed by atoms with Crippen LogP contribution in [0.5, 0.6) is 0 Å². The Labute approximate surface area is 449 Å². The number of primary amides is 1. The summed E-state index contributed by atoms with van der Waals surface area (Å²) in [6, 6.07) is -11.2. The molecule has 15 N–H and O–H groups in total. The number of thiol groups is 2. The number of nitrogens with one attached hydrogen (secondary N) is 9. The fourth-order valence-electron chi connectivity index (χ4n) is 7.67. The van der Waals surface area contributed by atoms with Gasteiger partial charge in [-0.05, 0) is 56.3 Å². The number of aliphatic hydroxyl groups excluding tert-OH is 1. The van der Waals surface area contributed by atoms with Crippen LogP contribution in [-0.2, 0) is 57.5 Å². The third-order valence-electron chi connectivity index (χ3n) is 12.6. The minimum Gasteiger partial charge on any atom is -0.480 e. The number of carboxylic acid groups (broad SMARTS) is 1. The Bertz CT molecular complexity index is 2020. The largest absolute Gasteiger partial charge is 0.480 e. The molecule has 0 aromatic rings. The molecule has 0 aliphatic carbocycles. The standard InChI is InChI=1S/C47H82N12O14S2/c1-10-24(7)36(55-33(62)19-51-40(65)28(17-22(3)4)52-45(70)38(26(9)60)56-34(63)18-50-39(64)27(48)14-15-32(49)61)44(69)57-35(23(5)6)42(67)53-29(20-74)46(71)59-16-12-13-31(59)41(66)58-37(25(8)11-2)43(68)54-30(21-75)47(72)73/h22-31,35-38,60,74-75H,10-21,48H2,1-9H3,(H2,49,61)(H,50,64)(H,51,65)(H,52,70)(H,53,67)(H,54,68)(H,55,62)(H,56,63)(H,57,69)(H,58,66)(H,72,73)/t24-,25-,26+,27-,28-,29-,30-,31-,35-,36-,37-,38-/m0/s1. The molecule has 0 spiro atoms. The molecule has 12 atom stereocenters. The van der Waals surface area contributed by atoms with Gasteiger partial charge in [-0.25, -0.2) is 4.79 Å². The molecule has 1 aliphatic heterocycles. The van der Waals surface area contributed by atoms with Gasteiger partial charge >= 0.3 is 5.97 Å². The summed E-state index contributed by atoms with van der Waals surface area (Å²) in [4.78, 5) is 158. The summed E-state index contributed by atoms with van der Waals surface area (Å²) in [6.45, 7) is 13.8. The van der Waals surface area contributed by atoms with Crippen molar-refractivity contribution < 1.29 is 67.7 Å². The van der Waals surface area contributed by atoms with Crippen molar-refractivity contribution in [2.75, 3.05) is 31.1 Å². The second-order valence-electron chi connectivity index (χ2n) is 19.6. The molecule has 26 nitrogen and oxygen atoms in total. The zero-order valence-corrected chi connectivity index (χ0v) is 46.1. The number of hydrogen-bond acceptors (Lipinski definition) is 16. The molecule has 0 unspecified atom stereocenters. The minimum atomic E-state index is -1.59. The van der Waals surface area contributed by atoms with E-state index < -0.39 is 162 Å². The molecule has 0 saturated carbocycles. The van der Waals surface area contributed by atoms with E-state index in [4.69, 9.17) is 11.5 Å². The quantitative estimate of drug-likeness (QED) is 0.0282. The van der Waals surface area contributed by atoms with E-state index >= 15 is 0 Å². The molecule has 11 amide bonds. The number of hydrogen-bond donors (Lipinski definition) is 15. The molecule has 1 fully saturated rings. The number of carbonyl (C=O) groups excluding carboxylic acids is 11. The van der Waals surface area contributed by atoms with E-state index in [1.54, 1.807) is 55.4 Å². The number of carboxylic acids is 1. The Hall–Kier alpha value is -5.74. The lowest BCUT2D eigenvalue weighted by Crippen LogP contribution is -2.61. The monoisotopic (exact) mass is 1100 g/mol. The third kappa shape index (κ3) is 22.6. The van der Waals surface area contributed by atoms with Gasteiger partial charge in [-0.1, -0.05) is 68.2 Å². The molecule has 426 valence electrons. The first-order valence-electron chi connectivity index (χ1n) is 25.2. The number of nitrogens with two attached hydrogens (primary N) is 2. The first-order chi connectivity index (χ1) is 35.0. The van der Waals surface area contributed by atoms with Crippen molar-refractivity contribution in [1.29, 1.82) is 0 Å². The molecule has 1 heterocycles. The predicted octanol–water partition coefficient (Wildman–Crippen LogP) is -3.68. The Balaban J connectivity index is 3.10. The van der Waals surface area contributed by atoms with Gasteiger partial charge in [0.25, 0.3) is 0 Å². The number of nitrogens with zero attached hydrogens (tertiary/aromatic N) is 1. The van der Waals surface area contributed by atoms with E-state index in [1.165, 1.54) is 11.8 Å². The molecule has 0 radical (unpaired) electrons. The minimum absolute atomic E-state index is 0.0527. The first-order valence-corrected chi connectivity index (χ1v) is 26.4. The zero-order chi connectivity index (χ0) is 57.4. The average Bonchev–Trinajstić information content (AvgIpc) is 3.85. The van der Waals surface area contributed by atoms with Gasteiger partial charge in [0.05, 0.1) is 25.2 Å². The van der Waals surface area contributed by atoms with E-state index in [0.29, 0.717) is 19.3 Å². The maximum Gasteiger partial charge on any atom is 0.327 e. The molecule has 1 aliphatic rings. The second kappa shape index (κ2) is 33.3. The number of aliphatic carboxylic acids is 1. The topological polar surface area (TPSA) is 409 Å². The van der Waals surface area contributed by atoms with Crippen LogP contribution in [0.2, 0.25) is 0 Å². The maximum absolute atomic E-state index is 14.0. The number of aliphatic hydroxyl groups is 1. The van der Waals surface area contributed by atoms with Crippen LogP contribution in [0.15, 0.2) is 0 Å². The number of rotatable bonds is 33. The Morgan fingerprint density at radius 3 is 1.56 bits per heavy atom. The van der Waals surface area contributed by atoms with E-state index in [2.05, 4.69) is 73.1 Å². The van der Waals surface area contributed by atoms with Crippen molar-refractivity contribution in [3.63, 3.8) is 0 Å². The molecular formula is C47H82N12O14S2. The lowest BCUT2D eigenvalue weighted by Gasteiger charge is -2.32. The van der Waals surface area contributed by atoms with Crippen LogP contribution >= 0.6 is 25.3 Å². The van der Waals surface area contributed by atoms with E-state index in [0.717, 1.165) is 0 Å². The first kappa shape index (κ1) is 67.3. The van der Waals surface area contributed by atoms with Crippen molar-refractivity contribution in [2.45, 2.75) is 168 Å². The van der Waals surface area contributed by atoms with Crippen molar-refractivity contribution in [1.82, 2.24) is 52.8 Å². The van der Waals surface area contributed by atoms with Crippen LogP contribution in [-0.4, -0.2) is 178 Å². The van der Waals surface area contributed by atoms with Crippen LogP contribution in [0.25, 0.3) is 0 Å². The highest BCUT2D eigenvalue weighted by molar-refractivity contribution is 7.80.